The van der Waals surface area contributed by atoms with Crippen LogP contribution in [0.5, 0.6) is 0 Å². The Hall–Kier alpha value is -3.53. The molecular weight excluding hydrogens is 563 g/mol. The first-order valence-electron chi connectivity index (χ1n) is 14.5. The Morgan fingerprint density at radius 2 is 1.29 bits per heavy atom. The summed E-state index contributed by atoms with van der Waals surface area (Å²) in [5.74, 6) is 0.271. The Morgan fingerprint density at radius 1 is 0.810 bits per heavy atom. The number of amides is 2. The van der Waals surface area contributed by atoms with Gasteiger partial charge in [-0.3, -0.25) is 14.6 Å². The maximum atomic E-state index is 13.1. The minimum absolute atomic E-state index is 0.159. The molecule has 0 bridgehead atoms. The van der Waals surface area contributed by atoms with Crippen LogP contribution in [0.4, 0.5) is 10.0 Å². The van der Waals surface area contributed by atoms with Gasteiger partial charge >= 0.3 is 0 Å². The van der Waals surface area contributed by atoms with Crippen molar-refractivity contribution in [3.8, 4) is 12.1 Å². The number of aromatic nitrogens is 1. The molecule has 0 aliphatic heterocycles. The SMILES string of the molecule is CC(C)(C)[C@@H]1CCc2c(sc(NC(=O)c3ccc(C(=O)Nc4sc5c(c4C#N)CC[C@@H](C(C)(C)C)C5)nc3)c2C#N)C1. The molecule has 2 N–H and O–H groups in total. The fourth-order valence-corrected chi connectivity index (χ4v) is 8.61. The molecule has 0 fully saturated rings. The van der Waals surface area contributed by atoms with Crippen LogP contribution in [0.3, 0.4) is 0 Å². The van der Waals surface area contributed by atoms with Crippen molar-refractivity contribution in [1.29, 1.82) is 10.5 Å². The molecular formula is C33H37N5O2S2. The van der Waals surface area contributed by atoms with Gasteiger partial charge in [0.15, 0.2) is 0 Å². The average Bonchev–Trinajstić information content (AvgIpc) is 3.47. The molecule has 3 aromatic rings. The van der Waals surface area contributed by atoms with Crippen molar-refractivity contribution in [3.63, 3.8) is 0 Å². The van der Waals surface area contributed by atoms with Crippen LogP contribution >= 0.6 is 22.7 Å². The zero-order chi connectivity index (χ0) is 30.4. The highest BCUT2D eigenvalue weighted by molar-refractivity contribution is 7.17. The third-order valence-electron chi connectivity index (χ3n) is 8.92. The van der Waals surface area contributed by atoms with E-state index in [0.717, 1.165) is 49.7 Å². The Balaban J connectivity index is 1.28. The van der Waals surface area contributed by atoms with E-state index in [-0.39, 0.29) is 22.4 Å². The molecule has 3 aromatic heterocycles. The molecule has 5 rings (SSSR count). The standard InChI is InChI=1S/C33H37N5O2S2/c1-32(2,3)19-8-10-21-23(15-34)30(41-26(21)13-19)37-28(39)18-7-12-25(36-17-18)29(40)38-31-24(16-35)22-11-9-20(33(4,5)6)14-27(22)42-31/h7,12,17,19-20H,8-11,13-14H2,1-6H3,(H,37,39)(H,38,40)/t19-,20-/m1/s1. The van der Waals surface area contributed by atoms with Crippen molar-refractivity contribution >= 4 is 44.5 Å². The van der Waals surface area contributed by atoms with Crippen LogP contribution < -0.4 is 10.6 Å². The molecule has 2 aliphatic rings. The van der Waals surface area contributed by atoms with Gasteiger partial charge in [0.25, 0.3) is 11.8 Å². The lowest BCUT2D eigenvalue weighted by molar-refractivity contribution is 0.101. The van der Waals surface area contributed by atoms with E-state index in [2.05, 4.69) is 69.3 Å². The molecule has 2 amide bonds. The second-order valence-electron chi connectivity index (χ2n) is 13.6. The van der Waals surface area contributed by atoms with E-state index in [9.17, 15) is 20.1 Å². The predicted molar refractivity (Wildman–Crippen MR) is 168 cm³/mol. The molecule has 218 valence electrons. The highest BCUT2D eigenvalue weighted by atomic mass is 32.1. The molecule has 2 aliphatic carbocycles. The van der Waals surface area contributed by atoms with Crippen LogP contribution in [0.15, 0.2) is 18.3 Å². The van der Waals surface area contributed by atoms with Crippen molar-refractivity contribution in [2.24, 2.45) is 22.7 Å². The van der Waals surface area contributed by atoms with Gasteiger partial charge in [-0.05, 0) is 84.5 Å². The molecule has 42 heavy (non-hydrogen) atoms. The minimum atomic E-state index is -0.421. The third-order valence-corrected chi connectivity index (χ3v) is 11.3. The number of carbonyl (C=O) groups excluding carboxylic acids is 2. The number of nitrogens with one attached hydrogen (secondary N) is 2. The zero-order valence-electron chi connectivity index (χ0n) is 25.1. The molecule has 2 atom stereocenters. The number of anilines is 2. The molecule has 0 unspecified atom stereocenters. The number of carbonyl (C=O) groups is 2. The first-order chi connectivity index (χ1) is 19.8. The number of rotatable bonds is 4. The highest BCUT2D eigenvalue weighted by Gasteiger charge is 2.34. The smallest absolute Gasteiger partial charge is 0.274 e. The molecule has 0 radical (unpaired) electrons. The summed E-state index contributed by atoms with van der Waals surface area (Å²) in [6, 6.07) is 7.67. The van der Waals surface area contributed by atoms with Gasteiger partial charge in [-0.25, -0.2) is 0 Å². The van der Waals surface area contributed by atoms with Gasteiger partial charge in [-0.15, -0.1) is 22.7 Å². The summed E-state index contributed by atoms with van der Waals surface area (Å²) in [4.78, 5) is 32.8. The van der Waals surface area contributed by atoms with Gasteiger partial charge in [0.2, 0.25) is 0 Å². The quantitative estimate of drug-likeness (QED) is 0.318. The molecule has 7 nitrogen and oxygen atoms in total. The normalized spacial score (nSPS) is 18.3. The monoisotopic (exact) mass is 599 g/mol. The second kappa shape index (κ2) is 11.3. The van der Waals surface area contributed by atoms with Crippen LogP contribution in [-0.4, -0.2) is 16.8 Å². The Labute approximate surface area is 256 Å². The van der Waals surface area contributed by atoms with Gasteiger partial charge in [-0.1, -0.05) is 41.5 Å². The Kier molecular flexibility index (Phi) is 8.04. The first kappa shape index (κ1) is 29.9. The molecule has 3 heterocycles. The van der Waals surface area contributed by atoms with E-state index in [1.807, 2.05) is 0 Å². The summed E-state index contributed by atoms with van der Waals surface area (Å²) in [7, 11) is 0. The molecule has 9 heteroatoms. The van der Waals surface area contributed by atoms with Crippen molar-refractivity contribution in [3.05, 3.63) is 61.6 Å². The fraction of sp³-hybridized carbons (Fsp3) is 0.485. The van der Waals surface area contributed by atoms with E-state index < -0.39 is 5.91 Å². The van der Waals surface area contributed by atoms with Crippen molar-refractivity contribution < 1.29 is 9.59 Å². The van der Waals surface area contributed by atoms with Crippen molar-refractivity contribution in [2.45, 2.75) is 80.1 Å². The molecule has 0 saturated carbocycles. The van der Waals surface area contributed by atoms with Crippen LogP contribution in [0, 0.1) is 45.3 Å². The van der Waals surface area contributed by atoms with Crippen LogP contribution in [0.25, 0.3) is 0 Å². The van der Waals surface area contributed by atoms with E-state index in [1.54, 1.807) is 6.07 Å². The summed E-state index contributed by atoms with van der Waals surface area (Å²) in [6.45, 7) is 13.5. The number of fused-ring (bicyclic) bond motifs is 2. The van der Waals surface area contributed by atoms with Crippen molar-refractivity contribution in [2.75, 3.05) is 10.6 Å². The second-order valence-corrected chi connectivity index (χ2v) is 15.8. The zero-order valence-corrected chi connectivity index (χ0v) is 26.7. The number of pyridine rings is 1. The van der Waals surface area contributed by atoms with Gasteiger partial charge < -0.3 is 10.6 Å². The molecule has 0 aromatic carbocycles. The third kappa shape index (κ3) is 5.86. The fourth-order valence-electron chi connectivity index (χ4n) is 6.07. The summed E-state index contributed by atoms with van der Waals surface area (Å²) >= 11 is 2.97. The van der Waals surface area contributed by atoms with Gasteiger partial charge in [0, 0.05) is 16.0 Å². The minimum Gasteiger partial charge on any atom is -0.312 e. The molecule has 0 spiro atoms. The summed E-state index contributed by atoms with van der Waals surface area (Å²) < 4.78 is 0. The van der Waals surface area contributed by atoms with E-state index in [0.29, 0.717) is 38.5 Å². The largest absolute Gasteiger partial charge is 0.312 e. The number of hydrogen-bond donors (Lipinski definition) is 2. The Bertz CT molecular complexity index is 1500. The Morgan fingerprint density at radius 3 is 1.69 bits per heavy atom. The van der Waals surface area contributed by atoms with Crippen LogP contribution in [-0.2, 0) is 25.7 Å². The van der Waals surface area contributed by atoms with E-state index in [4.69, 9.17) is 0 Å². The summed E-state index contributed by atoms with van der Waals surface area (Å²) in [5.41, 5.74) is 4.05. The number of nitrogens with zero attached hydrogens (tertiary/aromatic N) is 3. The number of thiophene rings is 2. The topological polar surface area (TPSA) is 119 Å². The van der Waals surface area contributed by atoms with Gasteiger partial charge in [0.05, 0.1) is 16.7 Å². The van der Waals surface area contributed by atoms with Gasteiger partial charge in [0.1, 0.15) is 27.8 Å². The number of nitriles is 2. The lowest BCUT2D eigenvalue weighted by Crippen LogP contribution is -2.26. The lowest BCUT2D eigenvalue weighted by Gasteiger charge is -2.33. The summed E-state index contributed by atoms with van der Waals surface area (Å²) in [5, 5.41) is 26.7. The first-order valence-corrected chi connectivity index (χ1v) is 16.1. The maximum absolute atomic E-state index is 13.1. The van der Waals surface area contributed by atoms with E-state index >= 15 is 0 Å². The van der Waals surface area contributed by atoms with Crippen LogP contribution in [0.1, 0.15) is 107 Å². The molecule has 0 saturated heterocycles. The van der Waals surface area contributed by atoms with Gasteiger partial charge in [-0.2, -0.15) is 10.5 Å². The van der Waals surface area contributed by atoms with E-state index in [1.165, 1.54) is 44.7 Å². The lowest BCUT2D eigenvalue weighted by atomic mass is 9.72. The van der Waals surface area contributed by atoms with Crippen molar-refractivity contribution in [1.82, 2.24) is 4.98 Å². The van der Waals surface area contributed by atoms with Crippen LogP contribution in [0.2, 0.25) is 0 Å². The summed E-state index contributed by atoms with van der Waals surface area (Å²) in [6.07, 6.45) is 6.94. The maximum Gasteiger partial charge on any atom is 0.274 e. The predicted octanol–water partition coefficient (Wildman–Crippen LogP) is 7.75. The number of hydrogen-bond acceptors (Lipinski definition) is 7. The highest BCUT2D eigenvalue weighted by Crippen LogP contribution is 2.45. The average molecular weight is 600 g/mol.